The van der Waals surface area contributed by atoms with Crippen molar-refractivity contribution >= 4 is 5.91 Å². The molecule has 0 aliphatic rings. The van der Waals surface area contributed by atoms with E-state index in [9.17, 15) is 18.0 Å². The summed E-state index contributed by atoms with van der Waals surface area (Å²) in [4.78, 5) is 10.9. The van der Waals surface area contributed by atoms with Crippen LogP contribution in [0.1, 0.15) is 11.6 Å². The fraction of sp³-hybridized carbons (Fsp3) is 0.308. The molecular weight excluding hydrogens is 259 g/mol. The second-order valence-electron chi connectivity index (χ2n) is 3.65. The Kier molecular flexibility index (Phi) is 5.39. The summed E-state index contributed by atoms with van der Waals surface area (Å²) in [5.41, 5.74) is 0.511. The van der Waals surface area contributed by atoms with Crippen molar-refractivity contribution in [1.29, 1.82) is 0 Å². The van der Waals surface area contributed by atoms with Gasteiger partial charge in [0.2, 0.25) is 0 Å². The zero-order chi connectivity index (χ0) is 14.3. The van der Waals surface area contributed by atoms with E-state index in [1.165, 1.54) is 0 Å². The van der Waals surface area contributed by atoms with Crippen LogP contribution < -0.4 is 5.32 Å². The topological polar surface area (TPSA) is 38.3 Å². The Bertz CT molecular complexity index is 451. The van der Waals surface area contributed by atoms with Gasteiger partial charge < -0.3 is 10.1 Å². The van der Waals surface area contributed by atoms with Gasteiger partial charge in [0.05, 0.1) is 12.6 Å². The number of ether oxygens (including phenoxy) is 1. The number of rotatable bonds is 5. The molecule has 1 amide bonds. The number of carbonyl (C=O) groups is 1. The van der Waals surface area contributed by atoms with Crippen molar-refractivity contribution in [3.63, 3.8) is 0 Å². The van der Waals surface area contributed by atoms with E-state index in [-0.39, 0.29) is 13.2 Å². The molecule has 0 bridgehead atoms. The van der Waals surface area contributed by atoms with E-state index in [1.807, 2.05) is 5.32 Å². The summed E-state index contributed by atoms with van der Waals surface area (Å²) in [6, 6.07) is 7.32. The van der Waals surface area contributed by atoms with Crippen LogP contribution in [0.3, 0.4) is 0 Å². The minimum atomic E-state index is -4.93. The van der Waals surface area contributed by atoms with E-state index in [1.54, 1.807) is 30.3 Å². The van der Waals surface area contributed by atoms with E-state index >= 15 is 0 Å². The summed E-state index contributed by atoms with van der Waals surface area (Å²) in [7, 11) is 0. The smallest absolute Gasteiger partial charge is 0.366 e. The van der Waals surface area contributed by atoms with Crippen LogP contribution in [0.15, 0.2) is 30.3 Å². The molecule has 19 heavy (non-hydrogen) atoms. The monoisotopic (exact) mass is 271 g/mol. The van der Waals surface area contributed by atoms with Crippen LogP contribution >= 0.6 is 0 Å². The van der Waals surface area contributed by atoms with E-state index in [0.717, 1.165) is 0 Å². The third-order valence-corrected chi connectivity index (χ3v) is 2.23. The highest BCUT2D eigenvalue weighted by Gasteiger charge is 2.39. The van der Waals surface area contributed by atoms with Crippen molar-refractivity contribution in [3.8, 4) is 12.3 Å². The number of amides is 1. The molecule has 0 radical (unpaired) electrons. The first-order valence-corrected chi connectivity index (χ1v) is 5.39. The average Bonchev–Trinajstić information content (AvgIpc) is 2.37. The molecule has 3 nitrogen and oxygen atoms in total. The molecule has 1 atom stereocenters. The molecule has 1 N–H and O–H groups in total. The Labute approximate surface area is 108 Å². The van der Waals surface area contributed by atoms with Gasteiger partial charge in [0, 0.05) is 0 Å². The van der Waals surface area contributed by atoms with Gasteiger partial charge in [-0.05, 0) is 5.56 Å². The molecule has 1 rings (SSSR count). The second-order valence-corrected chi connectivity index (χ2v) is 3.65. The van der Waals surface area contributed by atoms with Crippen LogP contribution in [-0.2, 0) is 9.53 Å². The van der Waals surface area contributed by atoms with E-state index in [2.05, 4.69) is 5.92 Å². The number of hydrogen-bond acceptors (Lipinski definition) is 2. The quantitative estimate of drug-likeness (QED) is 0.657. The lowest BCUT2D eigenvalue weighted by molar-refractivity contribution is -0.174. The van der Waals surface area contributed by atoms with E-state index in [4.69, 9.17) is 11.2 Å². The molecule has 0 heterocycles. The lowest BCUT2D eigenvalue weighted by atomic mass is 10.1. The fourth-order valence-electron chi connectivity index (χ4n) is 1.38. The molecule has 0 aliphatic heterocycles. The normalized spacial score (nSPS) is 12.5. The predicted molar refractivity (Wildman–Crippen MR) is 63.0 cm³/mol. The van der Waals surface area contributed by atoms with Crippen LogP contribution in [0, 0.1) is 12.3 Å². The number of terminal acetylenes is 1. The zero-order valence-electron chi connectivity index (χ0n) is 9.91. The predicted octanol–water partition coefficient (Wildman–Crippen LogP) is 2.06. The average molecular weight is 271 g/mol. The highest BCUT2D eigenvalue weighted by molar-refractivity contribution is 5.82. The molecule has 1 aromatic carbocycles. The molecule has 6 heteroatoms. The molecule has 0 aromatic heterocycles. The number of alkyl halides is 3. The Morgan fingerprint density at radius 1 is 1.37 bits per heavy atom. The van der Waals surface area contributed by atoms with Crippen molar-refractivity contribution in [2.75, 3.05) is 13.2 Å². The maximum Gasteiger partial charge on any atom is 0.471 e. The van der Waals surface area contributed by atoms with E-state index in [0.29, 0.717) is 5.56 Å². The first-order chi connectivity index (χ1) is 8.95. The maximum absolute atomic E-state index is 12.2. The van der Waals surface area contributed by atoms with Gasteiger partial charge in [0.25, 0.3) is 0 Å². The minimum absolute atomic E-state index is 0.0365. The third-order valence-electron chi connectivity index (χ3n) is 2.23. The Morgan fingerprint density at radius 3 is 2.53 bits per heavy atom. The van der Waals surface area contributed by atoms with Crippen LogP contribution in [0.2, 0.25) is 0 Å². The van der Waals surface area contributed by atoms with Crippen molar-refractivity contribution in [1.82, 2.24) is 5.32 Å². The molecule has 102 valence electrons. The third kappa shape index (κ3) is 5.02. The highest BCUT2D eigenvalue weighted by atomic mass is 19.4. The van der Waals surface area contributed by atoms with Gasteiger partial charge >= 0.3 is 12.1 Å². The van der Waals surface area contributed by atoms with Gasteiger partial charge in [-0.2, -0.15) is 13.2 Å². The number of benzene rings is 1. The first kappa shape index (κ1) is 15.1. The number of halogens is 3. The Hall–Kier alpha value is -2.00. The van der Waals surface area contributed by atoms with Gasteiger partial charge in [-0.3, -0.25) is 4.79 Å². The molecule has 0 fully saturated rings. The van der Waals surface area contributed by atoms with Crippen LogP contribution in [0.4, 0.5) is 13.2 Å². The summed E-state index contributed by atoms with van der Waals surface area (Å²) in [6.07, 6.45) is 0.0502. The summed E-state index contributed by atoms with van der Waals surface area (Å²) in [5.74, 6) is 0.192. The lowest BCUT2D eigenvalue weighted by Gasteiger charge is -2.19. The first-order valence-electron chi connectivity index (χ1n) is 5.39. The SMILES string of the molecule is C#CCOC[C@H](NC(=O)C(F)(F)F)c1ccccc1. The molecule has 0 aliphatic carbocycles. The van der Waals surface area contributed by atoms with Gasteiger partial charge in [-0.15, -0.1) is 6.42 Å². The summed E-state index contributed by atoms with van der Waals surface area (Å²) >= 11 is 0. The Balaban J connectivity index is 2.76. The van der Waals surface area contributed by atoms with Crippen LogP contribution in [-0.4, -0.2) is 25.3 Å². The van der Waals surface area contributed by atoms with Crippen molar-refractivity contribution in [2.24, 2.45) is 0 Å². The molecule has 0 saturated heterocycles. The Morgan fingerprint density at radius 2 is 2.00 bits per heavy atom. The summed E-state index contributed by atoms with van der Waals surface area (Å²) < 4.78 is 41.7. The molecule has 1 aromatic rings. The number of nitrogens with one attached hydrogen (secondary N) is 1. The zero-order valence-corrected chi connectivity index (χ0v) is 9.91. The maximum atomic E-state index is 12.2. The lowest BCUT2D eigenvalue weighted by Crippen LogP contribution is -2.40. The molecule has 0 spiro atoms. The van der Waals surface area contributed by atoms with E-state index < -0.39 is 18.1 Å². The van der Waals surface area contributed by atoms with Gasteiger partial charge in [0.15, 0.2) is 0 Å². The summed E-state index contributed by atoms with van der Waals surface area (Å²) in [5, 5.41) is 1.87. The second kappa shape index (κ2) is 6.81. The van der Waals surface area contributed by atoms with Gasteiger partial charge in [0.1, 0.15) is 6.61 Å². The highest BCUT2D eigenvalue weighted by Crippen LogP contribution is 2.19. The van der Waals surface area contributed by atoms with Crippen molar-refractivity contribution < 1.29 is 22.7 Å². The van der Waals surface area contributed by atoms with Crippen molar-refractivity contribution in [3.05, 3.63) is 35.9 Å². The molecule has 0 unspecified atom stereocenters. The number of hydrogen-bond donors (Lipinski definition) is 1. The largest absolute Gasteiger partial charge is 0.471 e. The fourth-order valence-corrected chi connectivity index (χ4v) is 1.38. The minimum Gasteiger partial charge on any atom is -0.366 e. The van der Waals surface area contributed by atoms with Gasteiger partial charge in [-0.25, -0.2) is 0 Å². The standard InChI is InChI=1S/C13H12F3NO2/c1-2-8-19-9-11(10-6-4-3-5-7-10)17-12(18)13(14,15)16/h1,3-7,11H,8-9H2,(H,17,18)/t11-/m0/s1. The van der Waals surface area contributed by atoms with Crippen molar-refractivity contribution in [2.45, 2.75) is 12.2 Å². The molecule has 0 saturated carbocycles. The molecular formula is C13H12F3NO2. The summed E-state index contributed by atoms with van der Waals surface area (Å²) in [6.45, 7) is -0.165. The van der Waals surface area contributed by atoms with Crippen LogP contribution in [0.25, 0.3) is 0 Å². The van der Waals surface area contributed by atoms with Crippen LogP contribution in [0.5, 0.6) is 0 Å². The van der Waals surface area contributed by atoms with Gasteiger partial charge in [-0.1, -0.05) is 36.3 Å². The number of carbonyl (C=O) groups excluding carboxylic acids is 1.